The minimum absolute atomic E-state index is 0.205. The van der Waals surface area contributed by atoms with Gasteiger partial charge in [-0.15, -0.1) is 0 Å². The second-order valence-electron chi connectivity index (χ2n) is 7.42. The number of aromatic nitrogens is 3. The third-order valence-electron chi connectivity index (χ3n) is 4.70. The highest BCUT2D eigenvalue weighted by Gasteiger charge is 2.16. The maximum atomic E-state index is 12.8. The summed E-state index contributed by atoms with van der Waals surface area (Å²) in [6, 6.07) is 13.1. The molecule has 0 aliphatic rings. The number of pyridine rings is 1. The van der Waals surface area contributed by atoms with Crippen molar-refractivity contribution in [1.29, 1.82) is 0 Å². The van der Waals surface area contributed by atoms with Crippen molar-refractivity contribution in [3.05, 3.63) is 71.2 Å². The molecular formula is C22H26N6O2. The van der Waals surface area contributed by atoms with Gasteiger partial charge in [0.25, 0.3) is 11.8 Å². The van der Waals surface area contributed by atoms with E-state index in [4.69, 9.17) is 0 Å². The monoisotopic (exact) mass is 406 g/mol. The van der Waals surface area contributed by atoms with Crippen molar-refractivity contribution in [2.75, 3.05) is 38.4 Å². The highest BCUT2D eigenvalue weighted by atomic mass is 16.2. The molecule has 8 heteroatoms. The van der Waals surface area contributed by atoms with Crippen molar-refractivity contribution < 1.29 is 9.59 Å². The second-order valence-corrected chi connectivity index (χ2v) is 7.42. The van der Waals surface area contributed by atoms with Crippen LogP contribution in [-0.2, 0) is 6.54 Å². The molecule has 0 radical (unpaired) electrons. The van der Waals surface area contributed by atoms with Gasteiger partial charge in [-0.2, -0.15) is 5.10 Å². The smallest absolute Gasteiger partial charge is 0.271 e. The molecular weight excluding hydrogens is 380 g/mol. The van der Waals surface area contributed by atoms with Crippen LogP contribution < -0.4 is 10.2 Å². The Hall–Kier alpha value is -3.68. The zero-order chi connectivity index (χ0) is 21.8. The van der Waals surface area contributed by atoms with Crippen molar-refractivity contribution in [3.63, 3.8) is 0 Å². The zero-order valence-electron chi connectivity index (χ0n) is 17.9. The summed E-state index contributed by atoms with van der Waals surface area (Å²) in [5.41, 5.74) is 3.40. The van der Waals surface area contributed by atoms with E-state index in [1.165, 1.54) is 4.90 Å². The minimum atomic E-state index is -0.298. The molecule has 2 aromatic heterocycles. The Kier molecular flexibility index (Phi) is 6.15. The van der Waals surface area contributed by atoms with Crippen LogP contribution in [0.3, 0.4) is 0 Å². The molecule has 3 rings (SSSR count). The molecule has 0 aliphatic carbocycles. The zero-order valence-corrected chi connectivity index (χ0v) is 17.9. The number of rotatable bonds is 6. The Morgan fingerprint density at radius 1 is 1.00 bits per heavy atom. The number of nitrogens with zero attached hydrogens (tertiary/aromatic N) is 5. The molecule has 8 nitrogen and oxygen atoms in total. The summed E-state index contributed by atoms with van der Waals surface area (Å²) in [5, 5.41) is 7.21. The fourth-order valence-corrected chi connectivity index (χ4v) is 2.97. The average Bonchev–Trinajstić information content (AvgIpc) is 3.13. The van der Waals surface area contributed by atoms with Crippen molar-refractivity contribution in [1.82, 2.24) is 19.7 Å². The van der Waals surface area contributed by atoms with Gasteiger partial charge in [-0.3, -0.25) is 9.59 Å². The molecule has 0 fully saturated rings. The average molecular weight is 406 g/mol. The van der Waals surface area contributed by atoms with E-state index in [1.807, 2.05) is 43.3 Å². The molecule has 0 saturated heterocycles. The van der Waals surface area contributed by atoms with E-state index in [0.717, 1.165) is 11.3 Å². The van der Waals surface area contributed by atoms with Crippen LogP contribution in [0.1, 0.15) is 32.1 Å². The number of aryl methyl sites for hydroxylation is 1. The van der Waals surface area contributed by atoms with Crippen LogP contribution in [0.5, 0.6) is 0 Å². The van der Waals surface area contributed by atoms with Crippen molar-refractivity contribution >= 4 is 23.3 Å². The molecule has 30 heavy (non-hydrogen) atoms. The summed E-state index contributed by atoms with van der Waals surface area (Å²) in [6.45, 7) is 2.24. The van der Waals surface area contributed by atoms with E-state index in [0.29, 0.717) is 29.3 Å². The fourth-order valence-electron chi connectivity index (χ4n) is 2.97. The van der Waals surface area contributed by atoms with Crippen molar-refractivity contribution in [2.24, 2.45) is 0 Å². The maximum Gasteiger partial charge on any atom is 0.271 e. The van der Waals surface area contributed by atoms with Gasteiger partial charge >= 0.3 is 0 Å². The molecule has 0 bridgehead atoms. The van der Waals surface area contributed by atoms with Gasteiger partial charge in [0.1, 0.15) is 11.5 Å². The summed E-state index contributed by atoms with van der Waals surface area (Å²) in [4.78, 5) is 32.6. The van der Waals surface area contributed by atoms with E-state index < -0.39 is 0 Å². The standard InChI is InChI=1S/C22H26N6O2/c1-15-18(10-11-19(24-15)22(30)27(4)5)21(29)25-20-12-13-23-28(20)14-16-6-8-17(9-7-16)26(2)3/h6-13H,14H2,1-5H3,(H,25,29). The Bertz CT molecular complexity index is 1050. The Morgan fingerprint density at radius 2 is 1.70 bits per heavy atom. The molecule has 1 aromatic carbocycles. The largest absolute Gasteiger partial charge is 0.378 e. The van der Waals surface area contributed by atoms with E-state index >= 15 is 0 Å². The predicted octanol–water partition coefficient (Wildman–Crippen LogP) is 2.65. The number of hydrogen-bond acceptors (Lipinski definition) is 5. The van der Waals surface area contributed by atoms with Crippen LogP contribution in [0.25, 0.3) is 0 Å². The van der Waals surface area contributed by atoms with Gasteiger partial charge in [0, 0.05) is 39.9 Å². The van der Waals surface area contributed by atoms with Crippen molar-refractivity contribution in [3.8, 4) is 0 Å². The van der Waals surface area contributed by atoms with Crippen LogP contribution in [-0.4, -0.2) is 59.7 Å². The first-order valence-corrected chi connectivity index (χ1v) is 9.55. The number of carbonyl (C=O) groups excluding carboxylic acids is 2. The number of amides is 2. The molecule has 0 unspecified atom stereocenters. The van der Waals surface area contributed by atoms with Gasteiger partial charge in [0.15, 0.2) is 0 Å². The lowest BCUT2D eigenvalue weighted by Gasteiger charge is -2.14. The highest BCUT2D eigenvalue weighted by Crippen LogP contribution is 2.16. The molecule has 3 aromatic rings. The first kappa shape index (κ1) is 21.0. The maximum absolute atomic E-state index is 12.8. The van der Waals surface area contributed by atoms with Gasteiger partial charge in [0.2, 0.25) is 0 Å². The van der Waals surface area contributed by atoms with Crippen LogP contribution in [0.4, 0.5) is 11.5 Å². The summed E-state index contributed by atoms with van der Waals surface area (Å²) < 4.78 is 1.73. The molecule has 2 amide bonds. The molecule has 0 spiro atoms. The number of anilines is 2. The molecule has 156 valence electrons. The first-order chi connectivity index (χ1) is 14.3. The Morgan fingerprint density at radius 3 is 2.30 bits per heavy atom. The lowest BCUT2D eigenvalue weighted by Crippen LogP contribution is -2.24. The topological polar surface area (TPSA) is 83.4 Å². The van der Waals surface area contributed by atoms with E-state index in [1.54, 1.807) is 50.1 Å². The van der Waals surface area contributed by atoms with Gasteiger partial charge in [-0.1, -0.05) is 12.1 Å². The fraction of sp³-hybridized carbons (Fsp3) is 0.273. The lowest BCUT2D eigenvalue weighted by atomic mass is 10.1. The van der Waals surface area contributed by atoms with Gasteiger partial charge in [0.05, 0.1) is 24.0 Å². The van der Waals surface area contributed by atoms with Crippen LogP contribution >= 0.6 is 0 Å². The first-order valence-electron chi connectivity index (χ1n) is 9.55. The summed E-state index contributed by atoms with van der Waals surface area (Å²) in [6.07, 6.45) is 1.65. The highest BCUT2D eigenvalue weighted by molar-refractivity contribution is 6.05. The SMILES string of the molecule is Cc1nc(C(=O)N(C)C)ccc1C(=O)Nc1ccnn1Cc1ccc(N(C)C)cc1. The third kappa shape index (κ3) is 4.65. The lowest BCUT2D eigenvalue weighted by molar-refractivity contribution is 0.0821. The van der Waals surface area contributed by atoms with E-state index in [2.05, 4.69) is 15.4 Å². The van der Waals surface area contributed by atoms with Crippen LogP contribution in [0.2, 0.25) is 0 Å². The third-order valence-corrected chi connectivity index (χ3v) is 4.70. The second kappa shape index (κ2) is 8.77. The van der Waals surface area contributed by atoms with Gasteiger partial charge < -0.3 is 15.1 Å². The number of carbonyl (C=O) groups is 2. The normalized spacial score (nSPS) is 10.6. The molecule has 2 heterocycles. The summed E-state index contributed by atoms with van der Waals surface area (Å²) in [5.74, 6) is 0.0847. The number of benzene rings is 1. The van der Waals surface area contributed by atoms with Crippen molar-refractivity contribution in [2.45, 2.75) is 13.5 Å². The number of nitrogens with one attached hydrogen (secondary N) is 1. The van der Waals surface area contributed by atoms with E-state index in [-0.39, 0.29) is 11.8 Å². The molecule has 0 atom stereocenters. The molecule has 1 N–H and O–H groups in total. The Balaban J connectivity index is 1.74. The van der Waals surface area contributed by atoms with E-state index in [9.17, 15) is 9.59 Å². The predicted molar refractivity (Wildman–Crippen MR) is 117 cm³/mol. The minimum Gasteiger partial charge on any atom is -0.378 e. The molecule has 0 saturated carbocycles. The van der Waals surface area contributed by atoms with Gasteiger partial charge in [-0.05, 0) is 36.8 Å². The van der Waals surface area contributed by atoms with Crippen LogP contribution in [0.15, 0.2) is 48.7 Å². The number of hydrogen-bond donors (Lipinski definition) is 1. The summed E-state index contributed by atoms with van der Waals surface area (Å²) >= 11 is 0. The summed E-state index contributed by atoms with van der Waals surface area (Å²) in [7, 11) is 7.32. The van der Waals surface area contributed by atoms with Crippen LogP contribution in [0, 0.1) is 6.92 Å². The van der Waals surface area contributed by atoms with Gasteiger partial charge in [-0.25, -0.2) is 9.67 Å². The molecule has 0 aliphatic heterocycles. The quantitative estimate of drug-likeness (QED) is 0.680. The Labute approximate surface area is 176 Å².